The van der Waals surface area contributed by atoms with E-state index in [0.29, 0.717) is 10.8 Å². The molecule has 2 aromatic heterocycles. The minimum Gasteiger partial charge on any atom is -0.399 e. The molecule has 1 aliphatic heterocycles. The first kappa shape index (κ1) is 10.4. The van der Waals surface area contributed by atoms with Crippen molar-refractivity contribution in [3.8, 4) is 0 Å². The fourth-order valence-electron chi connectivity index (χ4n) is 2.03. The van der Waals surface area contributed by atoms with Crippen molar-refractivity contribution in [3.05, 3.63) is 35.5 Å². The number of pyridine rings is 1. The quantitative estimate of drug-likeness (QED) is 0.779. The van der Waals surface area contributed by atoms with Gasteiger partial charge >= 0.3 is 0 Å². The van der Waals surface area contributed by atoms with Crippen LogP contribution in [0.4, 0.5) is 11.5 Å². The molecule has 0 aliphatic carbocycles. The molecule has 2 aromatic rings. The van der Waals surface area contributed by atoms with E-state index in [1.807, 2.05) is 18.5 Å². The van der Waals surface area contributed by atoms with Crippen LogP contribution in [0, 0.1) is 0 Å². The first-order valence-electron chi connectivity index (χ1n) is 5.40. The van der Waals surface area contributed by atoms with Gasteiger partial charge in [-0.05, 0) is 6.07 Å². The van der Waals surface area contributed by atoms with Gasteiger partial charge in [-0.25, -0.2) is 9.97 Å². The van der Waals surface area contributed by atoms with Crippen LogP contribution < -0.4 is 10.6 Å². The van der Waals surface area contributed by atoms with Crippen molar-refractivity contribution in [2.24, 2.45) is 0 Å². The second kappa shape index (κ2) is 3.92. The van der Waals surface area contributed by atoms with Gasteiger partial charge in [-0.3, -0.25) is 0 Å². The molecule has 88 valence electrons. The van der Waals surface area contributed by atoms with Crippen molar-refractivity contribution >= 4 is 23.1 Å². The highest BCUT2D eigenvalue weighted by atomic mass is 35.5. The summed E-state index contributed by atoms with van der Waals surface area (Å²) in [4.78, 5) is 10.7. The summed E-state index contributed by atoms with van der Waals surface area (Å²) in [6.45, 7) is 2.53. The number of rotatable bonds is 1. The van der Waals surface area contributed by atoms with Gasteiger partial charge in [0, 0.05) is 37.2 Å². The molecule has 3 heterocycles. The van der Waals surface area contributed by atoms with Crippen molar-refractivity contribution in [2.45, 2.75) is 13.1 Å². The standard InChI is InChI=1S/C11H12ClN5/c12-9-5-8(13)6-10(15-9)17-4-3-16-2-1-14-11(16)7-17/h1-2,5-6H,3-4,7H2,(H2,13,15). The predicted molar refractivity (Wildman–Crippen MR) is 66.9 cm³/mol. The molecule has 0 fully saturated rings. The van der Waals surface area contributed by atoms with Gasteiger partial charge in [0.25, 0.3) is 0 Å². The third-order valence-corrected chi connectivity index (χ3v) is 3.07. The van der Waals surface area contributed by atoms with Crippen LogP contribution in [0.3, 0.4) is 0 Å². The average Bonchev–Trinajstić information content (AvgIpc) is 2.74. The smallest absolute Gasteiger partial charge is 0.133 e. The van der Waals surface area contributed by atoms with Gasteiger partial charge in [0.15, 0.2) is 0 Å². The van der Waals surface area contributed by atoms with E-state index in [0.717, 1.165) is 31.3 Å². The summed E-state index contributed by atoms with van der Waals surface area (Å²) in [5, 5.41) is 0.425. The maximum Gasteiger partial charge on any atom is 0.133 e. The second-order valence-corrected chi connectivity index (χ2v) is 4.43. The Morgan fingerprint density at radius 1 is 1.29 bits per heavy atom. The normalized spacial score (nSPS) is 14.8. The van der Waals surface area contributed by atoms with Crippen LogP contribution >= 0.6 is 11.6 Å². The maximum atomic E-state index is 5.91. The Hall–Kier alpha value is -1.75. The highest BCUT2D eigenvalue weighted by Crippen LogP contribution is 2.22. The Morgan fingerprint density at radius 3 is 3.00 bits per heavy atom. The van der Waals surface area contributed by atoms with E-state index in [-0.39, 0.29) is 0 Å². The molecule has 0 spiro atoms. The fourth-order valence-corrected chi connectivity index (χ4v) is 2.25. The number of imidazole rings is 1. The molecule has 6 heteroatoms. The second-order valence-electron chi connectivity index (χ2n) is 4.04. The van der Waals surface area contributed by atoms with E-state index in [2.05, 4.69) is 19.4 Å². The van der Waals surface area contributed by atoms with Gasteiger partial charge in [0.1, 0.15) is 16.8 Å². The summed E-state index contributed by atoms with van der Waals surface area (Å²) in [7, 11) is 0. The van der Waals surface area contributed by atoms with Crippen LogP contribution in [0.2, 0.25) is 5.15 Å². The topological polar surface area (TPSA) is 60.0 Å². The van der Waals surface area contributed by atoms with Crippen LogP contribution in [0.1, 0.15) is 5.82 Å². The molecule has 1 aliphatic rings. The molecular formula is C11H12ClN5. The number of nitrogen functional groups attached to an aromatic ring is 1. The first-order valence-corrected chi connectivity index (χ1v) is 5.78. The van der Waals surface area contributed by atoms with Crippen LogP contribution in [0.25, 0.3) is 0 Å². The highest BCUT2D eigenvalue weighted by Gasteiger charge is 2.18. The molecule has 0 radical (unpaired) electrons. The molecular weight excluding hydrogens is 238 g/mol. The number of fused-ring (bicyclic) bond motifs is 1. The Balaban J connectivity index is 1.91. The Kier molecular flexibility index (Phi) is 2.40. The van der Waals surface area contributed by atoms with Crippen LogP contribution in [-0.2, 0) is 13.1 Å². The van der Waals surface area contributed by atoms with Crippen LogP contribution in [0.5, 0.6) is 0 Å². The lowest BCUT2D eigenvalue weighted by molar-refractivity contribution is 0.556. The average molecular weight is 250 g/mol. The Labute approximate surface area is 104 Å². The number of nitrogens with zero attached hydrogens (tertiary/aromatic N) is 4. The highest BCUT2D eigenvalue weighted by molar-refractivity contribution is 6.29. The fraction of sp³-hybridized carbons (Fsp3) is 0.273. The summed E-state index contributed by atoms with van der Waals surface area (Å²) >= 11 is 5.91. The van der Waals surface area contributed by atoms with Crippen molar-refractivity contribution in [1.82, 2.24) is 14.5 Å². The van der Waals surface area contributed by atoms with Crippen molar-refractivity contribution in [2.75, 3.05) is 17.2 Å². The number of nitrogens with two attached hydrogens (primary N) is 1. The van der Waals surface area contributed by atoms with E-state index in [9.17, 15) is 0 Å². The number of aromatic nitrogens is 3. The van der Waals surface area contributed by atoms with Crippen molar-refractivity contribution in [1.29, 1.82) is 0 Å². The van der Waals surface area contributed by atoms with Crippen LogP contribution in [0.15, 0.2) is 24.5 Å². The number of anilines is 2. The molecule has 5 nitrogen and oxygen atoms in total. The molecule has 0 bridgehead atoms. The Morgan fingerprint density at radius 2 is 2.18 bits per heavy atom. The third-order valence-electron chi connectivity index (χ3n) is 2.87. The molecule has 17 heavy (non-hydrogen) atoms. The van der Waals surface area contributed by atoms with Crippen molar-refractivity contribution < 1.29 is 0 Å². The van der Waals surface area contributed by atoms with E-state index >= 15 is 0 Å². The zero-order valence-electron chi connectivity index (χ0n) is 9.17. The molecule has 0 atom stereocenters. The van der Waals surface area contributed by atoms with E-state index in [4.69, 9.17) is 17.3 Å². The van der Waals surface area contributed by atoms with Crippen molar-refractivity contribution in [3.63, 3.8) is 0 Å². The summed E-state index contributed by atoms with van der Waals surface area (Å²) in [6, 6.07) is 3.49. The summed E-state index contributed by atoms with van der Waals surface area (Å²) in [5.74, 6) is 1.85. The lowest BCUT2D eigenvalue weighted by atomic mass is 10.3. The van der Waals surface area contributed by atoms with Crippen LogP contribution in [-0.4, -0.2) is 21.1 Å². The SMILES string of the molecule is Nc1cc(Cl)nc(N2CCn3ccnc3C2)c1. The van der Waals surface area contributed by atoms with E-state index < -0.39 is 0 Å². The molecule has 2 N–H and O–H groups in total. The number of hydrogen-bond donors (Lipinski definition) is 1. The lowest BCUT2D eigenvalue weighted by Crippen LogP contribution is -2.34. The molecule has 0 unspecified atom stereocenters. The number of hydrogen-bond acceptors (Lipinski definition) is 4. The minimum atomic E-state index is 0.425. The molecule has 0 aromatic carbocycles. The van der Waals surface area contributed by atoms with E-state index in [1.54, 1.807) is 6.07 Å². The van der Waals surface area contributed by atoms with Gasteiger partial charge in [0.05, 0.1) is 6.54 Å². The summed E-state index contributed by atoms with van der Waals surface area (Å²) in [6.07, 6.45) is 3.81. The van der Waals surface area contributed by atoms with E-state index in [1.165, 1.54) is 0 Å². The summed E-state index contributed by atoms with van der Waals surface area (Å²) < 4.78 is 2.14. The van der Waals surface area contributed by atoms with Gasteiger partial charge in [-0.1, -0.05) is 11.6 Å². The zero-order valence-corrected chi connectivity index (χ0v) is 9.93. The van der Waals surface area contributed by atoms with Gasteiger partial charge in [0.2, 0.25) is 0 Å². The molecule has 3 rings (SSSR count). The zero-order chi connectivity index (χ0) is 11.8. The molecule has 0 saturated carbocycles. The Bertz CT molecular complexity index is 530. The monoisotopic (exact) mass is 249 g/mol. The van der Waals surface area contributed by atoms with Gasteiger partial charge in [-0.2, -0.15) is 0 Å². The predicted octanol–water partition coefficient (Wildman–Crippen LogP) is 1.53. The van der Waals surface area contributed by atoms with Gasteiger partial charge in [-0.15, -0.1) is 0 Å². The largest absolute Gasteiger partial charge is 0.399 e. The first-order chi connectivity index (χ1) is 8.22. The minimum absolute atomic E-state index is 0.425. The maximum absolute atomic E-state index is 5.91. The third kappa shape index (κ3) is 1.93. The summed E-state index contributed by atoms with van der Waals surface area (Å²) in [5.41, 5.74) is 6.40. The van der Waals surface area contributed by atoms with Gasteiger partial charge < -0.3 is 15.2 Å². The number of halogens is 1. The molecule has 0 saturated heterocycles. The molecule has 0 amide bonds. The lowest BCUT2D eigenvalue weighted by Gasteiger charge is -2.28.